The number of para-hydroxylation sites is 1. The summed E-state index contributed by atoms with van der Waals surface area (Å²) in [6, 6.07) is 19.7. The van der Waals surface area contributed by atoms with E-state index in [1.165, 1.54) is 16.4 Å². The summed E-state index contributed by atoms with van der Waals surface area (Å²) in [4.78, 5) is 2.41. The molecule has 0 radical (unpaired) electrons. The van der Waals surface area contributed by atoms with E-state index >= 15 is 0 Å². The molecule has 3 aromatic rings. The van der Waals surface area contributed by atoms with E-state index in [1.807, 2.05) is 43.3 Å². The van der Waals surface area contributed by atoms with Crippen LogP contribution in [0, 0.1) is 12.7 Å². The Morgan fingerprint density at radius 3 is 2.38 bits per heavy atom. The molecule has 0 aliphatic carbocycles. The summed E-state index contributed by atoms with van der Waals surface area (Å²) in [6.45, 7) is 4.67. The van der Waals surface area contributed by atoms with Gasteiger partial charge in [0.2, 0.25) is 10.0 Å². The maximum atomic E-state index is 13.8. The third-order valence-corrected chi connectivity index (χ3v) is 8.21. The number of unbranched alkanes of at least 4 members (excludes halogenated alkanes) is 1. The van der Waals surface area contributed by atoms with Gasteiger partial charge < -0.3 is 4.90 Å². The number of rotatable bonds is 5. The number of hydrogen-bond donors (Lipinski definition) is 0. The van der Waals surface area contributed by atoms with E-state index < -0.39 is 10.0 Å². The highest BCUT2D eigenvalue weighted by molar-refractivity contribution is 7.89. The van der Waals surface area contributed by atoms with E-state index in [0.717, 1.165) is 41.6 Å². The predicted octanol–water partition coefficient (Wildman–Crippen LogP) is 6.13. The van der Waals surface area contributed by atoms with Crippen molar-refractivity contribution >= 4 is 21.4 Å². The lowest BCUT2D eigenvalue weighted by atomic mass is 9.99. The zero-order valence-corrected chi connectivity index (χ0v) is 19.6. The van der Waals surface area contributed by atoms with E-state index in [1.54, 1.807) is 25.2 Å². The van der Waals surface area contributed by atoms with Crippen LogP contribution in [0.15, 0.2) is 71.6 Å². The number of aryl methyl sites for hydroxylation is 1. The van der Waals surface area contributed by atoms with Crippen molar-refractivity contribution < 1.29 is 12.8 Å². The highest BCUT2D eigenvalue weighted by Gasteiger charge is 2.37. The molecule has 0 saturated carbocycles. The van der Waals surface area contributed by atoms with Crippen molar-refractivity contribution in [3.05, 3.63) is 78.1 Å². The highest BCUT2D eigenvalue weighted by atomic mass is 32.2. The Labute approximate surface area is 190 Å². The lowest BCUT2D eigenvalue weighted by molar-refractivity contribution is 0.351. The number of sulfonamides is 1. The van der Waals surface area contributed by atoms with Crippen molar-refractivity contribution in [1.82, 2.24) is 4.31 Å². The molecule has 1 heterocycles. The molecular formula is C26H29FN2O2S. The largest absolute Gasteiger partial charge is 0.339 e. The minimum atomic E-state index is -3.72. The highest BCUT2D eigenvalue weighted by Crippen LogP contribution is 2.41. The van der Waals surface area contributed by atoms with E-state index in [0.29, 0.717) is 12.2 Å². The third-order valence-electron chi connectivity index (χ3n) is 6.28. The van der Waals surface area contributed by atoms with Gasteiger partial charge in [0.25, 0.3) is 0 Å². The molecule has 4 nitrogen and oxygen atoms in total. The van der Waals surface area contributed by atoms with Crippen LogP contribution >= 0.6 is 0 Å². The molecule has 0 aromatic heterocycles. The number of nitrogens with zero attached hydrogens (tertiary/aromatic N) is 2. The zero-order chi connectivity index (χ0) is 22.9. The average Bonchev–Trinajstić information content (AvgIpc) is 2.86. The lowest BCUT2D eigenvalue weighted by Gasteiger charge is -2.29. The smallest absolute Gasteiger partial charge is 0.245 e. The molecule has 0 bridgehead atoms. The molecule has 0 N–H and O–H groups in total. The van der Waals surface area contributed by atoms with E-state index in [2.05, 4.69) is 11.8 Å². The topological polar surface area (TPSA) is 40.6 Å². The van der Waals surface area contributed by atoms with Crippen LogP contribution in [0.25, 0.3) is 11.1 Å². The number of fused-ring (bicyclic) bond motifs is 1. The summed E-state index contributed by atoms with van der Waals surface area (Å²) >= 11 is 0. The number of likely N-dealkylation sites (N-methyl/N-ethyl adjacent to an activating group) is 1. The molecule has 32 heavy (non-hydrogen) atoms. The molecule has 4 rings (SSSR count). The Bertz CT molecular complexity index is 1190. The minimum Gasteiger partial charge on any atom is -0.339 e. The van der Waals surface area contributed by atoms with Gasteiger partial charge >= 0.3 is 0 Å². The van der Waals surface area contributed by atoms with Gasteiger partial charge in [-0.25, -0.2) is 12.8 Å². The van der Waals surface area contributed by atoms with Crippen molar-refractivity contribution in [3.8, 4) is 11.1 Å². The molecule has 1 aliphatic rings. The third kappa shape index (κ3) is 4.17. The maximum Gasteiger partial charge on any atom is 0.245 e. The van der Waals surface area contributed by atoms with Crippen LogP contribution in [-0.2, 0) is 10.0 Å². The van der Waals surface area contributed by atoms with Gasteiger partial charge in [0.05, 0.1) is 5.69 Å². The quantitative estimate of drug-likeness (QED) is 0.467. The van der Waals surface area contributed by atoms with Gasteiger partial charge in [-0.05, 0) is 66.4 Å². The van der Waals surface area contributed by atoms with Crippen molar-refractivity contribution in [2.75, 3.05) is 18.5 Å². The second-order valence-corrected chi connectivity index (χ2v) is 10.4. The molecule has 168 valence electrons. The van der Waals surface area contributed by atoms with Crippen LogP contribution in [0.4, 0.5) is 15.8 Å². The first-order chi connectivity index (χ1) is 15.3. The van der Waals surface area contributed by atoms with E-state index in [-0.39, 0.29) is 16.8 Å². The molecule has 0 amide bonds. The van der Waals surface area contributed by atoms with Crippen molar-refractivity contribution in [1.29, 1.82) is 0 Å². The normalized spacial score (nSPS) is 18.2. The van der Waals surface area contributed by atoms with Crippen molar-refractivity contribution in [2.24, 2.45) is 0 Å². The summed E-state index contributed by atoms with van der Waals surface area (Å²) in [7, 11) is -2.03. The fourth-order valence-corrected chi connectivity index (χ4v) is 5.95. The van der Waals surface area contributed by atoms with Crippen molar-refractivity contribution in [3.63, 3.8) is 0 Å². The Morgan fingerprint density at radius 2 is 1.72 bits per heavy atom. The maximum absolute atomic E-state index is 13.8. The van der Waals surface area contributed by atoms with Crippen LogP contribution in [-0.4, -0.2) is 32.4 Å². The van der Waals surface area contributed by atoms with Gasteiger partial charge in [0, 0.05) is 25.3 Å². The lowest BCUT2D eigenvalue weighted by Crippen LogP contribution is -2.40. The van der Waals surface area contributed by atoms with E-state index in [4.69, 9.17) is 0 Å². The SMILES string of the molecule is CCCC[C@@H]1CN(c2ccccc2)c2cc(C)c(-c3ccc(F)cc3)cc2S(=O)(=O)N1C. The number of anilines is 2. The predicted molar refractivity (Wildman–Crippen MR) is 128 cm³/mol. The van der Waals surface area contributed by atoms with Gasteiger partial charge in [-0.3, -0.25) is 0 Å². The number of halogens is 1. The van der Waals surface area contributed by atoms with Crippen molar-refractivity contribution in [2.45, 2.75) is 44.0 Å². The molecule has 0 unspecified atom stereocenters. The Kier molecular flexibility index (Phi) is 6.35. The van der Waals surface area contributed by atoms with Gasteiger partial charge in [0.15, 0.2) is 0 Å². The first kappa shape index (κ1) is 22.5. The van der Waals surface area contributed by atoms with Gasteiger partial charge in [-0.2, -0.15) is 4.31 Å². The Hall–Kier alpha value is -2.70. The second-order valence-electron chi connectivity index (χ2n) is 8.41. The van der Waals surface area contributed by atoms with Gasteiger partial charge in [-0.1, -0.05) is 50.1 Å². The summed E-state index contributed by atoms with van der Waals surface area (Å²) in [6.07, 6.45) is 2.77. The van der Waals surface area contributed by atoms with Gasteiger partial charge in [-0.15, -0.1) is 0 Å². The first-order valence-electron chi connectivity index (χ1n) is 11.0. The average molecular weight is 453 g/mol. The number of benzene rings is 3. The van der Waals surface area contributed by atoms with Crippen LogP contribution in [0.5, 0.6) is 0 Å². The summed E-state index contributed by atoms with van der Waals surface area (Å²) in [5.41, 5.74) is 4.18. The summed E-state index contributed by atoms with van der Waals surface area (Å²) < 4.78 is 42.5. The molecule has 1 aliphatic heterocycles. The molecule has 0 saturated heterocycles. The minimum absolute atomic E-state index is 0.137. The van der Waals surface area contributed by atoms with Crippen LogP contribution in [0.1, 0.15) is 31.7 Å². The molecule has 3 aromatic carbocycles. The summed E-state index contributed by atoms with van der Waals surface area (Å²) in [5, 5.41) is 0. The summed E-state index contributed by atoms with van der Waals surface area (Å²) in [5.74, 6) is -0.317. The fourth-order valence-electron chi connectivity index (χ4n) is 4.37. The van der Waals surface area contributed by atoms with Crippen LogP contribution < -0.4 is 4.90 Å². The molecule has 1 atom stereocenters. The number of hydrogen-bond acceptors (Lipinski definition) is 3. The van der Waals surface area contributed by atoms with E-state index in [9.17, 15) is 12.8 Å². The van der Waals surface area contributed by atoms with Crippen LogP contribution in [0.2, 0.25) is 0 Å². The standard InChI is InChI=1S/C26H29FN2O2S/c1-4-5-9-23-18-29(22-10-7-6-8-11-22)25-16-19(2)24(20-12-14-21(27)15-13-20)17-26(25)32(30,31)28(23)3/h6-8,10-17,23H,4-5,9,18H2,1-3H3/t23-/m1/s1. The Balaban J connectivity index is 1.93. The Morgan fingerprint density at radius 1 is 1.03 bits per heavy atom. The first-order valence-corrected chi connectivity index (χ1v) is 12.5. The zero-order valence-electron chi connectivity index (χ0n) is 18.8. The van der Waals surface area contributed by atoms with Crippen LogP contribution in [0.3, 0.4) is 0 Å². The fraction of sp³-hybridized carbons (Fsp3) is 0.308. The molecular weight excluding hydrogens is 423 g/mol. The van der Waals surface area contributed by atoms with Gasteiger partial charge in [0.1, 0.15) is 10.7 Å². The second kappa shape index (κ2) is 9.04. The monoisotopic (exact) mass is 452 g/mol. The molecule has 0 spiro atoms. The molecule has 6 heteroatoms. The molecule has 0 fully saturated rings.